The SMILES string of the molecule is O=S(=O)(c1ccc2c(c1)C1C=CCC1C(c1cccc(Cl)c1Cl)N2)N1CCCCC1. The van der Waals surface area contributed by atoms with Crippen molar-refractivity contribution >= 4 is 38.9 Å². The van der Waals surface area contributed by atoms with Crippen molar-refractivity contribution in [3.05, 3.63) is 69.7 Å². The Bertz CT molecular complexity index is 1110. The Morgan fingerprint density at radius 3 is 2.60 bits per heavy atom. The highest BCUT2D eigenvalue weighted by atomic mass is 35.5. The van der Waals surface area contributed by atoms with Crippen molar-refractivity contribution in [3.63, 3.8) is 0 Å². The molecular formula is C23H24Cl2N2O2S. The first-order valence-corrected chi connectivity index (χ1v) is 12.7. The number of halogens is 2. The van der Waals surface area contributed by atoms with E-state index in [-0.39, 0.29) is 17.9 Å². The van der Waals surface area contributed by atoms with E-state index >= 15 is 0 Å². The van der Waals surface area contributed by atoms with Gasteiger partial charge in [0, 0.05) is 24.7 Å². The zero-order valence-corrected chi connectivity index (χ0v) is 18.8. The quantitative estimate of drug-likeness (QED) is 0.569. The summed E-state index contributed by atoms with van der Waals surface area (Å²) in [7, 11) is -3.46. The fourth-order valence-corrected chi connectivity index (χ4v) is 7.03. The van der Waals surface area contributed by atoms with Gasteiger partial charge in [-0.15, -0.1) is 0 Å². The summed E-state index contributed by atoms with van der Waals surface area (Å²) in [6.07, 6.45) is 8.26. The number of allylic oxidation sites excluding steroid dienone is 2. The summed E-state index contributed by atoms with van der Waals surface area (Å²) in [4.78, 5) is 0.392. The van der Waals surface area contributed by atoms with Crippen LogP contribution >= 0.6 is 23.2 Å². The van der Waals surface area contributed by atoms with Gasteiger partial charge in [-0.05, 0) is 60.6 Å². The topological polar surface area (TPSA) is 49.4 Å². The molecule has 30 heavy (non-hydrogen) atoms. The molecule has 0 amide bonds. The number of rotatable bonds is 3. The van der Waals surface area contributed by atoms with Gasteiger partial charge in [0.05, 0.1) is 21.0 Å². The third kappa shape index (κ3) is 3.36. The first-order chi connectivity index (χ1) is 14.5. The molecule has 2 aliphatic heterocycles. The number of nitrogens with zero attached hydrogens (tertiary/aromatic N) is 1. The van der Waals surface area contributed by atoms with Gasteiger partial charge in [-0.2, -0.15) is 4.31 Å². The molecule has 4 nitrogen and oxygen atoms in total. The molecule has 1 fully saturated rings. The largest absolute Gasteiger partial charge is 0.378 e. The van der Waals surface area contributed by atoms with Crippen LogP contribution in [0.5, 0.6) is 0 Å². The van der Waals surface area contributed by atoms with Crippen molar-refractivity contribution < 1.29 is 8.42 Å². The summed E-state index contributed by atoms with van der Waals surface area (Å²) in [6.45, 7) is 1.22. The third-order valence-corrected chi connectivity index (χ3v) is 9.33. The highest BCUT2D eigenvalue weighted by Crippen LogP contribution is 2.51. The lowest BCUT2D eigenvalue weighted by Gasteiger charge is -2.38. The number of hydrogen-bond acceptors (Lipinski definition) is 3. The number of benzene rings is 2. The second-order valence-corrected chi connectivity index (χ2v) is 11.1. The molecule has 3 atom stereocenters. The van der Waals surface area contributed by atoms with Crippen LogP contribution in [0.3, 0.4) is 0 Å². The van der Waals surface area contributed by atoms with E-state index < -0.39 is 10.0 Å². The molecule has 1 saturated heterocycles. The second-order valence-electron chi connectivity index (χ2n) is 8.33. The monoisotopic (exact) mass is 462 g/mol. The summed E-state index contributed by atoms with van der Waals surface area (Å²) >= 11 is 12.8. The van der Waals surface area contributed by atoms with Crippen LogP contribution in [-0.2, 0) is 10.0 Å². The molecule has 158 valence electrons. The summed E-state index contributed by atoms with van der Waals surface area (Å²) < 4.78 is 28.0. The molecule has 0 radical (unpaired) electrons. The molecule has 0 spiro atoms. The number of fused-ring (bicyclic) bond motifs is 3. The lowest BCUT2D eigenvalue weighted by molar-refractivity contribution is 0.346. The molecule has 1 N–H and O–H groups in total. The average molecular weight is 463 g/mol. The minimum atomic E-state index is -3.46. The molecule has 3 aliphatic rings. The van der Waals surface area contributed by atoms with Gasteiger partial charge in [0.2, 0.25) is 10.0 Å². The van der Waals surface area contributed by atoms with E-state index in [0.717, 1.165) is 42.5 Å². The zero-order valence-electron chi connectivity index (χ0n) is 16.5. The molecule has 1 aliphatic carbocycles. The minimum absolute atomic E-state index is 0.0215. The first kappa shape index (κ1) is 20.4. The zero-order chi connectivity index (χ0) is 20.9. The van der Waals surface area contributed by atoms with Crippen molar-refractivity contribution in [2.75, 3.05) is 18.4 Å². The van der Waals surface area contributed by atoms with Gasteiger partial charge in [0.25, 0.3) is 0 Å². The molecule has 0 saturated carbocycles. The van der Waals surface area contributed by atoms with Crippen molar-refractivity contribution in [2.24, 2.45) is 5.92 Å². The van der Waals surface area contributed by atoms with E-state index in [1.54, 1.807) is 16.4 Å². The summed E-state index contributed by atoms with van der Waals surface area (Å²) in [5, 5.41) is 4.75. The van der Waals surface area contributed by atoms with E-state index in [9.17, 15) is 8.42 Å². The highest BCUT2D eigenvalue weighted by molar-refractivity contribution is 7.89. The number of anilines is 1. The first-order valence-electron chi connectivity index (χ1n) is 10.5. The van der Waals surface area contributed by atoms with Crippen molar-refractivity contribution in [1.82, 2.24) is 4.31 Å². The number of piperidine rings is 1. The highest BCUT2D eigenvalue weighted by Gasteiger charge is 2.39. The average Bonchev–Trinajstić information content (AvgIpc) is 3.26. The van der Waals surface area contributed by atoms with Crippen LogP contribution in [-0.4, -0.2) is 25.8 Å². The van der Waals surface area contributed by atoms with Gasteiger partial charge in [0.1, 0.15) is 0 Å². The van der Waals surface area contributed by atoms with Crippen molar-refractivity contribution in [1.29, 1.82) is 0 Å². The van der Waals surface area contributed by atoms with E-state index in [2.05, 4.69) is 17.5 Å². The Balaban J connectivity index is 1.53. The van der Waals surface area contributed by atoms with E-state index in [1.807, 2.05) is 24.3 Å². The van der Waals surface area contributed by atoms with Crippen LogP contribution in [0.15, 0.2) is 53.4 Å². The molecule has 3 unspecified atom stereocenters. The molecule has 0 aromatic heterocycles. The molecule has 7 heteroatoms. The van der Waals surface area contributed by atoms with E-state index in [0.29, 0.717) is 28.0 Å². The Labute approximate surface area is 187 Å². The Morgan fingerprint density at radius 2 is 1.80 bits per heavy atom. The predicted octanol–water partition coefficient (Wildman–Crippen LogP) is 5.99. The minimum Gasteiger partial charge on any atom is -0.378 e. The summed E-state index contributed by atoms with van der Waals surface area (Å²) in [5.41, 5.74) is 2.99. The number of nitrogens with one attached hydrogen (secondary N) is 1. The van der Waals surface area contributed by atoms with Crippen molar-refractivity contribution in [2.45, 2.75) is 42.5 Å². The molecule has 2 heterocycles. The van der Waals surface area contributed by atoms with E-state index in [4.69, 9.17) is 23.2 Å². The van der Waals surface area contributed by atoms with E-state index in [1.165, 1.54) is 0 Å². The van der Waals surface area contributed by atoms with Crippen LogP contribution in [0.1, 0.15) is 48.8 Å². The van der Waals surface area contributed by atoms with Gasteiger partial charge < -0.3 is 5.32 Å². The van der Waals surface area contributed by atoms with Gasteiger partial charge in [-0.3, -0.25) is 0 Å². The number of hydrogen-bond donors (Lipinski definition) is 1. The van der Waals surface area contributed by atoms with Crippen LogP contribution < -0.4 is 5.32 Å². The molecule has 0 bridgehead atoms. The fourth-order valence-electron chi connectivity index (χ4n) is 5.06. The molecule has 2 aromatic rings. The maximum absolute atomic E-state index is 13.2. The van der Waals surface area contributed by atoms with Crippen LogP contribution in [0.2, 0.25) is 10.0 Å². The van der Waals surface area contributed by atoms with Gasteiger partial charge in [0.15, 0.2) is 0 Å². The summed E-state index contributed by atoms with van der Waals surface area (Å²) in [5.74, 6) is 0.416. The third-order valence-electron chi connectivity index (χ3n) is 6.60. The Hall–Kier alpha value is -1.53. The molecular weight excluding hydrogens is 439 g/mol. The second kappa shape index (κ2) is 7.86. The predicted molar refractivity (Wildman–Crippen MR) is 122 cm³/mol. The summed E-state index contributed by atoms with van der Waals surface area (Å²) in [6, 6.07) is 11.3. The van der Waals surface area contributed by atoms with Gasteiger partial charge >= 0.3 is 0 Å². The lowest BCUT2D eigenvalue weighted by Crippen LogP contribution is -2.36. The van der Waals surface area contributed by atoms with Crippen LogP contribution in [0.25, 0.3) is 0 Å². The number of sulfonamides is 1. The van der Waals surface area contributed by atoms with Gasteiger partial charge in [-0.25, -0.2) is 8.42 Å². The van der Waals surface area contributed by atoms with Crippen molar-refractivity contribution in [3.8, 4) is 0 Å². The van der Waals surface area contributed by atoms with Gasteiger partial charge in [-0.1, -0.05) is 53.9 Å². The fraction of sp³-hybridized carbons (Fsp3) is 0.391. The molecule has 5 rings (SSSR count). The normalized spacial score (nSPS) is 26.1. The maximum Gasteiger partial charge on any atom is 0.243 e. The molecule has 2 aromatic carbocycles. The Kier molecular flexibility index (Phi) is 5.34. The smallest absolute Gasteiger partial charge is 0.243 e. The van der Waals surface area contributed by atoms with Crippen LogP contribution in [0, 0.1) is 5.92 Å². The van der Waals surface area contributed by atoms with Crippen LogP contribution in [0.4, 0.5) is 5.69 Å². The standard InChI is InChI=1S/C23H24Cl2N2O2S/c24-20-9-5-8-18(22(20)25)23-17-7-4-6-16(17)19-14-15(10-11-21(19)26-23)30(28,29)27-12-2-1-3-13-27/h4-6,8-11,14,16-17,23,26H,1-3,7,12-13H2. The Morgan fingerprint density at radius 1 is 1.00 bits per heavy atom. The maximum atomic E-state index is 13.2. The lowest BCUT2D eigenvalue weighted by atomic mass is 9.77.